The number of esters is 1. The third-order valence-corrected chi connectivity index (χ3v) is 14.1. The van der Waals surface area contributed by atoms with Gasteiger partial charge in [-0.05, 0) is 51.4 Å². The Morgan fingerprint density at radius 3 is 1.09 bits per heavy atom. The van der Waals surface area contributed by atoms with Crippen molar-refractivity contribution in [1.82, 2.24) is 5.32 Å². The number of aliphatic hydroxyl groups is 2. The monoisotopic (exact) mass is 932 g/mol. The van der Waals surface area contributed by atoms with Crippen molar-refractivity contribution < 1.29 is 24.5 Å². The molecule has 0 fully saturated rings. The molecule has 0 heterocycles. The molecule has 0 rings (SSSR count). The summed E-state index contributed by atoms with van der Waals surface area (Å²) in [7, 11) is 0. The van der Waals surface area contributed by atoms with Crippen LogP contribution in [0.2, 0.25) is 0 Å². The molecule has 2 unspecified atom stereocenters. The number of rotatable bonds is 56. The number of carbonyl (C=O) groups excluding carboxylic acids is 2. The van der Waals surface area contributed by atoms with Gasteiger partial charge in [0.15, 0.2) is 0 Å². The minimum atomic E-state index is -0.682. The standard InChI is InChI=1S/C60H117NO5/c1-3-5-7-9-11-13-15-17-18-19-20-21-22-23-24-25-26-29-32-36-40-44-48-52-58(63)57(56-62)61-59(64)53-49-45-41-37-33-30-27-31-35-39-43-47-51-55-66-60(65)54-50-46-42-38-34-28-16-14-12-10-8-6-4-2/h30,33,57-58,62-63H,3-29,31-32,34-56H2,1-2H3,(H,61,64)/b33-30-. The second kappa shape index (κ2) is 56.2. The Hall–Kier alpha value is -1.40. The van der Waals surface area contributed by atoms with Crippen LogP contribution < -0.4 is 5.32 Å². The summed E-state index contributed by atoms with van der Waals surface area (Å²) in [6.07, 6.45) is 66.4. The first-order valence-corrected chi connectivity index (χ1v) is 29.9. The van der Waals surface area contributed by atoms with E-state index < -0.39 is 12.1 Å². The molecule has 0 aliphatic rings. The Bertz CT molecular complexity index is 986. The van der Waals surface area contributed by atoms with Crippen molar-refractivity contribution in [3.8, 4) is 0 Å². The third-order valence-electron chi connectivity index (χ3n) is 14.1. The molecule has 0 bridgehead atoms. The van der Waals surface area contributed by atoms with Crippen LogP contribution in [0.25, 0.3) is 0 Å². The van der Waals surface area contributed by atoms with Gasteiger partial charge in [-0.2, -0.15) is 0 Å². The molecule has 0 spiro atoms. The van der Waals surface area contributed by atoms with Gasteiger partial charge in [0.25, 0.3) is 0 Å². The summed E-state index contributed by atoms with van der Waals surface area (Å²) >= 11 is 0. The second-order valence-corrected chi connectivity index (χ2v) is 20.7. The highest BCUT2D eigenvalue weighted by Gasteiger charge is 2.20. The van der Waals surface area contributed by atoms with Gasteiger partial charge < -0.3 is 20.3 Å². The van der Waals surface area contributed by atoms with E-state index in [-0.39, 0.29) is 18.5 Å². The van der Waals surface area contributed by atoms with Gasteiger partial charge in [0.2, 0.25) is 5.91 Å². The second-order valence-electron chi connectivity index (χ2n) is 20.7. The van der Waals surface area contributed by atoms with Gasteiger partial charge in [-0.1, -0.05) is 283 Å². The number of nitrogens with one attached hydrogen (secondary N) is 1. The normalized spacial score (nSPS) is 12.6. The Balaban J connectivity index is 3.47. The van der Waals surface area contributed by atoms with E-state index in [9.17, 15) is 19.8 Å². The average Bonchev–Trinajstić information content (AvgIpc) is 3.32. The molecule has 0 aromatic heterocycles. The molecule has 6 heteroatoms. The van der Waals surface area contributed by atoms with Crippen molar-refractivity contribution in [1.29, 1.82) is 0 Å². The van der Waals surface area contributed by atoms with Crippen LogP contribution in [0.5, 0.6) is 0 Å². The highest BCUT2D eigenvalue weighted by molar-refractivity contribution is 5.76. The molecular formula is C60H117NO5. The molecular weight excluding hydrogens is 815 g/mol. The number of aliphatic hydroxyl groups excluding tert-OH is 2. The SMILES string of the molecule is CCCCCCCCCCCCCCCCCCCCCCCCCC(O)C(CO)NC(=O)CCCCC/C=C\CCCCCCCCOC(=O)CCCCCCCCCCCCCCC. The molecule has 3 N–H and O–H groups in total. The number of unbranched alkanes of at least 4 members (excludes halogenated alkanes) is 43. The van der Waals surface area contributed by atoms with Crippen LogP contribution in [0.15, 0.2) is 12.2 Å². The number of hydrogen-bond acceptors (Lipinski definition) is 5. The van der Waals surface area contributed by atoms with E-state index in [1.54, 1.807) is 0 Å². The zero-order chi connectivity index (χ0) is 47.9. The highest BCUT2D eigenvalue weighted by atomic mass is 16.5. The van der Waals surface area contributed by atoms with E-state index in [4.69, 9.17) is 4.74 Å². The molecule has 0 aliphatic carbocycles. The zero-order valence-corrected chi connectivity index (χ0v) is 44.7. The quantitative estimate of drug-likeness (QED) is 0.0321. The fraction of sp³-hybridized carbons (Fsp3) is 0.933. The minimum absolute atomic E-state index is 0.00996. The Morgan fingerprint density at radius 2 is 0.712 bits per heavy atom. The Morgan fingerprint density at radius 1 is 0.409 bits per heavy atom. The molecule has 0 aliphatic heterocycles. The predicted molar refractivity (Wildman–Crippen MR) is 287 cm³/mol. The highest BCUT2D eigenvalue weighted by Crippen LogP contribution is 2.18. The van der Waals surface area contributed by atoms with E-state index in [1.165, 1.54) is 231 Å². The van der Waals surface area contributed by atoms with Crippen LogP contribution in [-0.2, 0) is 14.3 Å². The summed E-state index contributed by atoms with van der Waals surface area (Å²) in [4.78, 5) is 24.5. The molecule has 6 nitrogen and oxygen atoms in total. The van der Waals surface area contributed by atoms with Gasteiger partial charge in [0, 0.05) is 12.8 Å². The lowest BCUT2D eigenvalue weighted by Gasteiger charge is -2.22. The van der Waals surface area contributed by atoms with Crippen molar-refractivity contribution in [2.75, 3.05) is 13.2 Å². The van der Waals surface area contributed by atoms with Crippen molar-refractivity contribution in [3.05, 3.63) is 12.2 Å². The first kappa shape index (κ1) is 64.6. The van der Waals surface area contributed by atoms with E-state index in [0.717, 1.165) is 70.6 Å². The predicted octanol–water partition coefficient (Wildman–Crippen LogP) is 18.5. The molecule has 0 saturated heterocycles. The Kier molecular flexibility index (Phi) is 55.0. The van der Waals surface area contributed by atoms with Crippen molar-refractivity contribution in [2.45, 2.75) is 347 Å². The van der Waals surface area contributed by atoms with Gasteiger partial charge in [-0.3, -0.25) is 9.59 Å². The molecule has 0 saturated carbocycles. The van der Waals surface area contributed by atoms with Crippen LogP contribution in [0.4, 0.5) is 0 Å². The van der Waals surface area contributed by atoms with E-state index in [2.05, 4.69) is 31.3 Å². The molecule has 0 aromatic rings. The minimum Gasteiger partial charge on any atom is -0.466 e. The summed E-state index contributed by atoms with van der Waals surface area (Å²) in [5, 5.41) is 23.3. The summed E-state index contributed by atoms with van der Waals surface area (Å²) < 4.78 is 5.46. The maximum atomic E-state index is 12.5. The van der Waals surface area contributed by atoms with E-state index in [1.807, 2.05) is 0 Å². The van der Waals surface area contributed by atoms with Gasteiger partial charge in [0.05, 0.1) is 25.4 Å². The smallest absolute Gasteiger partial charge is 0.305 e. The Labute approximate surface area is 412 Å². The summed E-state index contributed by atoms with van der Waals surface area (Å²) in [5.74, 6) is -0.0709. The van der Waals surface area contributed by atoms with Gasteiger partial charge in [-0.15, -0.1) is 0 Å². The molecule has 0 radical (unpaired) electrons. The lowest BCUT2D eigenvalue weighted by molar-refractivity contribution is -0.143. The number of ether oxygens (including phenoxy) is 1. The fourth-order valence-corrected chi connectivity index (χ4v) is 9.46. The lowest BCUT2D eigenvalue weighted by atomic mass is 10.0. The largest absolute Gasteiger partial charge is 0.466 e. The maximum Gasteiger partial charge on any atom is 0.305 e. The summed E-state index contributed by atoms with van der Waals surface area (Å²) in [6.45, 7) is 4.94. The lowest BCUT2D eigenvalue weighted by Crippen LogP contribution is -2.45. The van der Waals surface area contributed by atoms with E-state index >= 15 is 0 Å². The van der Waals surface area contributed by atoms with Crippen LogP contribution >= 0.6 is 0 Å². The first-order valence-electron chi connectivity index (χ1n) is 29.9. The van der Waals surface area contributed by atoms with E-state index in [0.29, 0.717) is 25.9 Å². The molecule has 66 heavy (non-hydrogen) atoms. The van der Waals surface area contributed by atoms with Crippen LogP contribution in [0, 0.1) is 0 Å². The first-order chi connectivity index (χ1) is 32.5. The van der Waals surface area contributed by atoms with Gasteiger partial charge in [-0.25, -0.2) is 0 Å². The topological polar surface area (TPSA) is 95.9 Å². The summed E-state index contributed by atoms with van der Waals surface area (Å²) in [5.41, 5.74) is 0. The molecule has 2 atom stereocenters. The fourth-order valence-electron chi connectivity index (χ4n) is 9.46. The van der Waals surface area contributed by atoms with Crippen LogP contribution in [0.1, 0.15) is 335 Å². The molecule has 1 amide bonds. The molecule has 0 aromatic carbocycles. The maximum absolute atomic E-state index is 12.5. The van der Waals surface area contributed by atoms with Crippen LogP contribution in [-0.4, -0.2) is 47.4 Å². The van der Waals surface area contributed by atoms with Gasteiger partial charge in [0.1, 0.15) is 0 Å². The van der Waals surface area contributed by atoms with Crippen molar-refractivity contribution in [2.24, 2.45) is 0 Å². The van der Waals surface area contributed by atoms with Crippen molar-refractivity contribution in [3.63, 3.8) is 0 Å². The summed E-state index contributed by atoms with van der Waals surface area (Å²) in [6, 6.07) is -0.562. The van der Waals surface area contributed by atoms with Crippen molar-refractivity contribution >= 4 is 11.9 Å². The molecule has 392 valence electrons. The number of allylic oxidation sites excluding steroid dienone is 2. The number of amides is 1. The van der Waals surface area contributed by atoms with Gasteiger partial charge >= 0.3 is 5.97 Å². The third kappa shape index (κ3) is 52.0. The average molecular weight is 933 g/mol. The number of hydrogen-bond donors (Lipinski definition) is 3. The van der Waals surface area contributed by atoms with Crippen LogP contribution in [0.3, 0.4) is 0 Å². The number of carbonyl (C=O) groups is 2. The zero-order valence-electron chi connectivity index (χ0n) is 44.7.